The monoisotopic (exact) mass is 630 g/mol. The number of fused-ring (bicyclic) bond motifs is 4. The summed E-state index contributed by atoms with van der Waals surface area (Å²) >= 11 is 0. The Bertz CT molecular complexity index is 2420. The van der Waals surface area contributed by atoms with Crippen LogP contribution in [0.15, 0.2) is 180 Å². The number of benzene rings is 7. The molecule has 1 aliphatic carbocycles. The van der Waals surface area contributed by atoms with E-state index < -0.39 is 0 Å². The lowest BCUT2D eigenvalue weighted by Crippen LogP contribution is -2.10. The quantitative estimate of drug-likeness (QED) is 0.175. The summed E-state index contributed by atoms with van der Waals surface area (Å²) in [5.41, 5.74) is 11.2. The Kier molecular flexibility index (Phi) is 7.29. The first-order valence-electron chi connectivity index (χ1n) is 16.9. The molecule has 8 aromatic rings. The van der Waals surface area contributed by atoms with Gasteiger partial charge in [-0.05, 0) is 96.1 Å². The topological polar surface area (TPSA) is 19.6 Å². The van der Waals surface area contributed by atoms with Gasteiger partial charge in [0.25, 0.3) is 0 Å². The minimum absolute atomic E-state index is 0.928. The molecule has 0 atom stereocenters. The fourth-order valence-electron chi connectivity index (χ4n) is 7.18. The molecule has 9 rings (SSSR count). The SMILES string of the molecule is C1=Cc2oc3c(N(c4ccccc4)c4ccc(-c5ccc(N(c6ccccc6)c6cccc7ccccc67)cc5)cc4)cccc3c2CC1. The zero-order valence-electron chi connectivity index (χ0n) is 27.0. The molecule has 1 heterocycles. The van der Waals surface area contributed by atoms with Crippen LogP contribution in [0, 0.1) is 0 Å². The summed E-state index contributed by atoms with van der Waals surface area (Å²) in [6.07, 6.45) is 6.38. The van der Waals surface area contributed by atoms with Crippen LogP contribution in [0.3, 0.4) is 0 Å². The fourth-order valence-corrected chi connectivity index (χ4v) is 7.18. The molecule has 0 fully saturated rings. The Balaban J connectivity index is 1.08. The highest BCUT2D eigenvalue weighted by molar-refractivity contribution is 6.00. The van der Waals surface area contributed by atoms with Gasteiger partial charge in [0, 0.05) is 39.1 Å². The van der Waals surface area contributed by atoms with Gasteiger partial charge in [-0.3, -0.25) is 0 Å². The van der Waals surface area contributed by atoms with Crippen LogP contribution in [0.25, 0.3) is 38.9 Å². The summed E-state index contributed by atoms with van der Waals surface area (Å²) < 4.78 is 6.52. The lowest BCUT2D eigenvalue weighted by Gasteiger charge is -2.27. The molecule has 0 spiro atoms. The molecule has 0 radical (unpaired) electrons. The van der Waals surface area contributed by atoms with Crippen molar-refractivity contribution >= 4 is 61.9 Å². The molecule has 0 aliphatic heterocycles. The van der Waals surface area contributed by atoms with Crippen LogP contribution in [0.2, 0.25) is 0 Å². The summed E-state index contributed by atoms with van der Waals surface area (Å²) in [7, 11) is 0. The largest absolute Gasteiger partial charge is 0.454 e. The van der Waals surface area contributed by atoms with Gasteiger partial charge < -0.3 is 14.2 Å². The van der Waals surface area contributed by atoms with Gasteiger partial charge >= 0.3 is 0 Å². The van der Waals surface area contributed by atoms with Crippen molar-refractivity contribution in [3.05, 3.63) is 187 Å². The molecule has 0 amide bonds. The zero-order chi connectivity index (χ0) is 32.6. The van der Waals surface area contributed by atoms with Crippen molar-refractivity contribution in [2.45, 2.75) is 12.8 Å². The maximum Gasteiger partial charge on any atom is 0.159 e. The molecule has 1 aromatic heterocycles. The Labute approximate surface area is 286 Å². The number of para-hydroxylation sites is 3. The van der Waals surface area contributed by atoms with E-state index in [-0.39, 0.29) is 0 Å². The van der Waals surface area contributed by atoms with Gasteiger partial charge in [0.05, 0.1) is 11.4 Å². The first kappa shape index (κ1) is 28.9. The van der Waals surface area contributed by atoms with E-state index in [0.29, 0.717) is 0 Å². The van der Waals surface area contributed by atoms with E-state index in [1.165, 1.54) is 27.3 Å². The van der Waals surface area contributed by atoms with E-state index in [2.05, 4.69) is 192 Å². The van der Waals surface area contributed by atoms with Gasteiger partial charge in [-0.2, -0.15) is 0 Å². The standard InChI is InChI=1S/C46H34N2O/c1-3-15-36(16-4-1)47(43-22-11-14-35-13-7-8-19-40(35)43)38-29-25-33(26-30-38)34-27-31-39(32-28-34)48(37-17-5-2-6-18-37)44-23-12-21-42-41-20-9-10-24-45(41)49-46(42)44/h1-8,10-19,21-32H,9,20H2. The van der Waals surface area contributed by atoms with Crippen molar-refractivity contribution in [3.63, 3.8) is 0 Å². The molecule has 0 unspecified atom stereocenters. The van der Waals surface area contributed by atoms with E-state index in [4.69, 9.17) is 4.42 Å². The van der Waals surface area contributed by atoms with E-state index in [0.717, 1.165) is 63.9 Å². The van der Waals surface area contributed by atoms with Crippen LogP contribution in [0.4, 0.5) is 34.1 Å². The maximum absolute atomic E-state index is 6.52. The number of aryl methyl sites for hydroxylation is 1. The third-order valence-corrected chi connectivity index (χ3v) is 9.52. The van der Waals surface area contributed by atoms with Crippen molar-refractivity contribution in [1.82, 2.24) is 0 Å². The minimum atomic E-state index is 0.928. The second-order valence-corrected chi connectivity index (χ2v) is 12.5. The molecule has 0 bridgehead atoms. The van der Waals surface area contributed by atoms with Crippen molar-refractivity contribution in [3.8, 4) is 11.1 Å². The van der Waals surface area contributed by atoms with Gasteiger partial charge in [-0.25, -0.2) is 0 Å². The first-order chi connectivity index (χ1) is 24.3. The van der Waals surface area contributed by atoms with Gasteiger partial charge in [0.2, 0.25) is 0 Å². The molecule has 3 heteroatoms. The Hall–Kier alpha value is -6.32. The Morgan fingerprint density at radius 1 is 0.429 bits per heavy atom. The highest BCUT2D eigenvalue weighted by Gasteiger charge is 2.22. The molecule has 0 N–H and O–H groups in total. The average Bonchev–Trinajstić information content (AvgIpc) is 3.56. The molecular formula is C46H34N2O. The molecular weight excluding hydrogens is 597 g/mol. The Morgan fingerprint density at radius 2 is 0.939 bits per heavy atom. The molecule has 3 nitrogen and oxygen atoms in total. The van der Waals surface area contributed by atoms with Gasteiger partial charge in [-0.1, -0.05) is 115 Å². The fraction of sp³-hybridized carbons (Fsp3) is 0.0435. The van der Waals surface area contributed by atoms with Crippen LogP contribution in [0.5, 0.6) is 0 Å². The number of anilines is 6. The summed E-state index contributed by atoms with van der Waals surface area (Å²) in [6, 6.07) is 60.5. The van der Waals surface area contributed by atoms with Crippen LogP contribution in [-0.2, 0) is 6.42 Å². The third kappa shape index (κ3) is 5.26. The number of hydrogen-bond acceptors (Lipinski definition) is 3. The number of allylic oxidation sites excluding steroid dienone is 1. The molecule has 0 saturated heterocycles. The van der Waals surface area contributed by atoms with Crippen molar-refractivity contribution < 1.29 is 4.42 Å². The van der Waals surface area contributed by atoms with Gasteiger partial charge in [0.15, 0.2) is 5.58 Å². The molecule has 1 aliphatic rings. The second kappa shape index (κ2) is 12.4. The summed E-state index contributed by atoms with van der Waals surface area (Å²) in [4.78, 5) is 4.64. The van der Waals surface area contributed by atoms with E-state index in [9.17, 15) is 0 Å². The van der Waals surface area contributed by atoms with Gasteiger partial charge in [0.1, 0.15) is 5.76 Å². The van der Waals surface area contributed by atoms with Crippen LogP contribution < -0.4 is 9.80 Å². The average molecular weight is 631 g/mol. The zero-order valence-corrected chi connectivity index (χ0v) is 27.0. The smallest absolute Gasteiger partial charge is 0.159 e. The number of hydrogen-bond donors (Lipinski definition) is 0. The Morgan fingerprint density at radius 3 is 1.61 bits per heavy atom. The first-order valence-corrected chi connectivity index (χ1v) is 16.9. The molecule has 0 saturated carbocycles. The highest BCUT2D eigenvalue weighted by atomic mass is 16.3. The number of rotatable bonds is 7. The molecule has 49 heavy (non-hydrogen) atoms. The lowest BCUT2D eigenvalue weighted by molar-refractivity contribution is 0.596. The van der Waals surface area contributed by atoms with Crippen molar-refractivity contribution in [2.24, 2.45) is 0 Å². The normalized spacial score (nSPS) is 12.2. The van der Waals surface area contributed by atoms with Crippen LogP contribution in [-0.4, -0.2) is 0 Å². The third-order valence-electron chi connectivity index (χ3n) is 9.52. The summed E-state index contributed by atoms with van der Waals surface area (Å²) in [6.45, 7) is 0. The molecule has 7 aromatic carbocycles. The summed E-state index contributed by atoms with van der Waals surface area (Å²) in [5, 5.41) is 3.64. The van der Waals surface area contributed by atoms with Crippen molar-refractivity contribution in [2.75, 3.05) is 9.80 Å². The highest BCUT2D eigenvalue weighted by Crippen LogP contribution is 2.43. The van der Waals surface area contributed by atoms with E-state index in [1.807, 2.05) is 0 Å². The minimum Gasteiger partial charge on any atom is -0.454 e. The van der Waals surface area contributed by atoms with E-state index in [1.54, 1.807) is 0 Å². The maximum atomic E-state index is 6.52. The van der Waals surface area contributed by atoms with E-state index >= 15 is 0 Å². The van der Waals surface area contributed by atoms with Crippen molar-refractivity contribution in [1.29, 1.82) is 0 Å². The summed E-state index contributed by atoms with van der Waals surface area (Å²) in [5.74, 6) is 0.979. The lowest BCUT2D eigenvalue weighted by atomic mass is 10.0. The number of furan rings is 1. The molecule has 234 valence electrons. The predicted molar refractivity (Wildman–Crippen MR) is 206 cm³/mol. The van der Waals surface area contributed by atoms with Crippen LogP contribution >= 0.6 is 0 Å². The second-order valence-electron chi connectivity index (χ2n) is 12.5. The van der Waals surface area contributed by atoms with Gasteiger partial charge in [-0.15, -0.1) is 0 Å². The van der Waals surface area contributed by atoms with Crippen LogP contribution in [0.1, 0.15) is 17.7 Å². The predicted octanol–water partition coefficient (Wildman–Crippen LogP) is 13.2. The number of nitrogens with zero attached hydrogens (tertiary/aromatic N) is 2.